The molecule has 0 aliphatic heterocycles. The number of aromatic nitrogens is 2. The minimum absolute atomic E-state index is 0.0197. The summed E-state index contributed by atoms with van der Waals surface area (Å²) in [6.45, 7) is 5.98. The average Bonchev–Trinajstić information content (AvgIpc) is 2.64. The predicted molar refractivity (Wildman–Crippen MR) is 68.9 cm³/mol. The van der Waals surface area contributed by atoms with Crippen LogP contribution in [-0.2, 0) is 6.54 Å². The van der Waals surface area contributed by atoms with E-state index in [-0.39, 0.29) is 18.3 Å². The molecule has 1 heterocycles. The second-order valence-corrected chi connectivity index (χ2v) is 4.38. The molecule has 0 saturated heterocycles. The lowest BCUT2D eigenvalue weighted by atomic mass is 10.3. The molecule has 1 unspecified atom stereocenters. The van der Waals surface area contributed by atoms with Gasteiger partial charge in [0.25, 0.3) is 0 Å². The Kier molecular flexibility index (Phi) is 4.66. The minimum Gasteiger partial charge on any atom is -0.394 e. The van der Waals surface area contributed by atoms with Crippen LogP contribution in [0.25, 0.3) is 0 Å². The summed E-state index contributed by atoms with van der Waals surface area (Å²) in [4.78, 5) is 12.4. The third-order valence-corrected chi connectivity index (χ3v) is 2.95. The summed E-state index contributed by atoms with van der Waals surface area (Å²) in [6, 6.07) is -0.199. The molecule has 1 aromatic rings. The third-order valence-electron chi connectivity index (χ3n) is 2.95. The molecule has 0 fully saturated rings. The predicted octanol–water partition coefficient (Wildman–Crippen LogP) is 1.33. The molecule has 0 spiro atoms. The first kappa shape index (κ1) is 14.4. The zero-order chi connectivity index (χ0) is 13.9. The molecule has 0 aromatic carbocycles. The Balaban J connectivity index is 3.31. The van der Waals surface area contributed by atoms with Crippen molar-refractivity contribution in [1.82, 2.24) is 9.78 Å². The topological polar surface area (TPSA) is 84.4 Å². The number of aliphatic hydroxyl groups is 1. The summed E-state index contributed by atoms with van der Waals surface area (Å²) < 4.78 is 1.64. The van der Waals surface area contributed by atoms with Crippen molar-refractivity contribution in [3.63, 3.8) is 0 Å². The summed E-state index contributed by atoms with van der Waals surface area (Å²) in [6.07, 6.45) is 0.840. The van der Waals surface area contributed by atoms with Crippen LogP contribution in [0.4, 0.5) is 11.5 Å². The van der Waals surface area contributed by atoms with Gasteiger partial charge < -0.3 is 10.0 Å². The van der Waals surface area contributed by atoms with Gasteiger partial charge in [0.15, 0.2) is 0 Å². The van der Waals surface area contributed by atoms with Crippen LogP contribution in [0.5, 0.6) is 0 Å². The average molecular weight is 256 g/mol. The third kappa shape index (κ3) is 2.61. The number of hydrogen-bond acceptors (Lipinski definition) is 5. The van der Waals surface area contributed by atoms with Crippen LogP contribution < -0.4 is 4.90 Å². The Morgan fingerprint density at radius 1 is 1.61 bits per heavy atom. The van der Waals surface area contributed by atoms with Crippen LogP contribution in [-0.4, -0.2) is 39.5 Å². The number of rotatable bonds is 6. The van der Waals surface area contributed by atoms with Crippen molar-refractivity contribution in [2.75, 3.05) is 18.6 Å². The largest absolute Gasteiger partial charge is 0.394 e. The molecule has 1 aromatic heterocycles. The van der Waals surface area contributed by atoms with E-state index in [1.165, 1.54) is 0 Å². The maximum absolute atomic E-state index is 11.1. The molecule has 1 atom stereocenters. The van der Waals surface area contributed by atoms with Crippen LogP contribution in [0, 0.1) is 17.0 Å². The Morgan fingerprint density at radius 2 is 2.22 bits per heavy atom. The maximum Gasteiger partial charge on any atom is 0.333 e. The molecule has 7 nitrogen and oxygen atoms in total. The fourth-order valence-electron chi connectivity index (χ4n) is 1.82. The van der Waals surface area contributed by atoms with Gasteiger partial charge in [-0.2, -0.15) is 5.10 Å². The summed E-state index contributed by atoms with van der Waals surface area (Å²) in [5, 5.41) is 24.5. The highest BCUT2D eigenvalue weighted by Gasteiger charge is 2.29. The Morgan fingerprint density at radius 3 is 2.67 bits per heavy atom. The quantitative estimate of drug-likeness (QED) is 0.613. The molecular formula is C11H20N4O3. The molecule has 0 aliphatic carbocycles. The van der Waals surface area contributed by atoms with Gasteiger partial charge in [0.2, 0.25) is 5.82 Å². The first-order valence-electron chi connectivity index (χ1n) is 5.99. The van der Waals surface area contributed by atoms with Gasteiger partial charge in [-0.25, -0.2) is 4.68 Å². The van der Waals surface area contributed by atoms with Crippen molar-refractivity contribution < 1.29 is 10.0 Å². The lowest BCUT2D eigenvalue weighted by Crippen LogP contribution is -2.34. The van der Waals surface area contributed by atoms with Crippen molar-refractivity contribution in [2.45, 2.75) is 39.8 Å². The van der Waals surface area contributed by atoms with Crippen LogP contribution in [0.15, 0.2) is 0 Å². The highest BCUT2D eigenvalue weighted by atomic mass is 16.6. The first-order valence-corrected chi connectivity index (χ1v) is 5.99. The van der Waals surface area contributed by atoms with E-state index >= 15 is 0 Å². The van der Waals surface area contributed by atoms with Gasteiger partial charge in [0.05, 0.1) is 17.6 Å². The van der Waals surface area contributed by atoms with Crippen molar-refractivity contribution >= 4 is 11.5 Å². The number of nitro groups is 1. The number of aryl methyl sites for hydroxylation is 2. The Hall–Kier alpha value is -1.63. The fraction of sp³-hybridized carbons (Fsp3) is 0.727. The molecule has 7 heteroatoms. The molecule has 18 heavy (non-hydrogen) atoms. The molecule has 0 aliphatic rings. The molecule has 1 N–H and O–H groups in total. The number of anilines is 1. The van der Waals surface area contributed by atoms with Gasteiger partial charge in [0, 0.05) is 13.6 Å². The van der Waals surface area contributed by atoms with Gasteiger partial charge in [-0.1, -0.05) is 6.92 Å². The molecule has 102 valence electrons. The molecule has 1 rings (SSSR count). The SMILES string of the molecule is CCCn1nc(C)c([N+](=O)[O-])c1N(C)C(C)CO. The van der Waals surface area contributed by atoms with Gasteiger partial charge in [-0.15, -0.1) is 0 Å². The van der Waals surface area contributed by atoms with E-state index in [0.717, 1.165) is 6.42 Å². The van der Waals surface area contributed by atoms with E-state index in [1.807, 2.05) is 13.8 Å². The van der Waals surface area contributed by atoms with Crippen LogP contribution in [0.3, 0.4) is 0 Å². The van der Waals surface area contributed by atoms with E-state index in [1.54, 1.807) is 23.6 Å². The van der Waals surface area contributed by atoms with Gasteiger partial charge in [-0.3, -0.25) is 10.1 Å². The molecule has 0 amide bonds. The summed E-state index contributed by atoms with van der Waals surface area (Å²) in [7, 11) is 1.73. The lowest BCUT2D eigenvalue weighted by molar-refractivity contribution is -0.384. The van der Waals surface area contributed by atoms with Crippen LogP contribution in [0.1, 0.15) is 26.0 Å². The number of hydrogen-bond donors (Lipinski definition) is 1. The van der Waals surface area contributed by atoms with Crippen LogP contribution >= 0.6 is 0 Å². The molecule has 0 bridgehead atoms. The van der Waals surface area contributed by atoms with Gasteiger partial charge in [0.1, 0.15) is 5.69 Å². The number of likely N-dealkylation sites (N-methyl/N-ethyl adjacent to an activating group) is 1. The first-order chi connectivity index (χ1) is 8.43. The highest BCUT2D eigenvalue weighted by Crippen LogP contribution is 2.32. The second-order valence-electron chi connectivity index (χ2n) is 4.38. The number of nitrogens with zero attached hydrogens (tertiary/aromatic N) is 4. The van der Waals surface area contributed by atoms with E-state index < -0.39 is 4.92 Å². The minimum atomic E-state index is -0.412. The lowest BCUT2D eigenvalue weighted by Gasteiger charge is -2.24. The smallest absolute Gasteiger partial charge is 0.333 e. The zero-order valence-corrected chi connectivity index (χ0v) is 11.3. The molecular weight excluding hydrogens is 236 g/mol. The Labute approximate surface area is 106 Å². The Bertz CT molecular complexity index is 430. The van der Waals surface area contributed by atoms with Gasteiger partial charge in [-0.05, 0) is 20.3 Å². The summed E-state index contributed by atoms with van der Waals surface area (Å²) in [5.41, 5.74) is 0.423. The molecule has 0 saturated carbocycles. The normalized spacial score (nSPS) is 12.5. The standard InChI is InChI=1S/C11H20N4O3/c1-5-6-14-11(13(4)8(2)7-16)10(15(17)18)9(3)12-14/h8,16H,5-7H2,1-4H3. The van der Waals surface area contributed by atoms with Crippen LogP contribution in [0.2, 0.25) is 0 Å². The van der Waals surface area contributed by atoms with Crippen molar-refractivity contribution in [1.29, 1.82) is 0 Å². The number of aliphatic hydroxyl groups excluding tert-OH is 1. The van der Waals surface area contributed by atoms with Crippen molar-refractivity contribution in [2.24, 2.45) is 0 Å². The summed E-state index contributed by atoms with van der Waals surface area (Å²) >= 11 is 0. The fourth-order valence-corrected chi connectivity index (χ4v) is 1.82. The monoisotopic (exact) mass is 256 g/mol. The van der Waals surface area contributed by atoms with Crippen molar-refractivity contribution in [3.8, 4) is 0 Å². The van der Waals surface area contributed by atoms with E-state index in [2.05, 4.69) is 5.10 Å². The maximum atomic E-state index is 11.1. The van der Waals surface area contributed by atoms with Gasteiger partial charge >= 0.3 is 5.69 Å². The van der Waals surface area contributed by atoms with E-state index in [4.69, 9.17) is 0 Å². The molecule has 0 radical (unpaired) electrons. The van der Waals surface area contributed by atoms with E-state index in [9.17, 15) is 15.2 Å². The zero-order valence-electron chi connectivity index (χ0n) is 11.3. The van der Waals surface area contributed by atoms with Crippen molar-refractivity contribution in [3.05, 3.63) is 15.8 Å². The highest BCUT2D eigenvalue weighted by molar-refractivity contribution is 5.61. The second kappa shape index (κ2) is 5.81. The summed E-state index contributed by atoms with van der Waals surface area (Å²) in [5.74, 6) is 0.459. The van der Waals surface area contributed by atoms with E-state index in [0.29, 0.717) is 18.1 Å².